The van der Waals surface area contributed by atoms with Crippen molar-refractivity contribution in [2.24, 2.45) is 0 Å². The molecule has 584 valence electrons. The fourth-order valence-corrected chi connectivity index (χ4v) is 7.61. The summed E-state index contributed by atoms with van der Waals surface area (Å²) in [7, 11) is 0. The second-order valence-electron chi connectivity index (χ2n) is 19.8. The van der Waals surface area contributed by atoms with Crippen LogP contribution in [0.2, 0.25) is 0 Å². The van der Waals surface area contributed by atoms with E-state index in [4.69, 9.17) is 18.9 Å². The van der Waals surface area contributed by atoms with Gasteiger partial charge in [-0.2, -0.15) is 19.8 Å². The fourth-order valence-electron chi connectivity index (χ4n) is 7.61. The minimum Gasteiger partial charge on any atom is -0.447 e. The summed E-state index contributed by atoms with van der Waals surface area (Å²) in [5.74, 6) is -3.50. The number of ether oxygens (including phenoxy) is 8. The highest BCUT2D eigenvalue weighted by atomic mass is 19.3. The van der Waals surface area contributed by atoms with Gasteiger partial charge in [0.1, 0.15) is 52.9 Å². The Morgan fingerprint density at radius 3 is 0.614 bits per heavy atom. The van der Waals surface area contributed by atoms with Crippen LogP contribution >= 0.6 is 0 Å². The van der Waals surface area contributed by atoms with E-state index < -0.39 is 235 Å². The topological polar surface area (TPSA) is 468 Å². The Balaban J connectivity index is 7.95. The molecule has 0 bridgehead atoms. The highest BCUT2D eigenvalue weighted by Crippen LogP contribution is 2.07. The highest BCUT2D eigenvalue weighted by Gasteiger charge is 2.28. The maximum atomic E-state index is 14.5. The number of alkyl carbamates (subject to hydrolysis) is 8. The van der Waals surface area contributed by atoms with Crippen molar-refractivity contribution < 1.29 is 171 Å². The number of halogens is 8. The zero-order chi connectivity index (χ0) is 75.6. The van der Waals surface area contributed by atoms with Gasteiger partial charge in [-0.3, -0.25) is 29.0 Å². The van der Waals surface area contributed by atoms with Gasteiger partial charge in [-0.15, -0.1) is 19.8 Å². The number of hydrogen-bond donors (Lipinski definition) is 8. The van der Waals surface area contributed by atoms with Crippen LogP contribution in [0.5, 0.6) is 0 Å². The van der Waals surface area contributed by atoms with Gasteiger partial charge in [-0.1, -0.05) is 0 Å². The van der Waals surface area contributed by atoms with Gasteiger partial charge in [0, 0.05) is 146 Å². The van der Waals surface area contributed by atoms with Gasteiger partial charge in [0.05, 0.1) is 26.2 Å². The van der Waals surface area contributed by atoms with Crippen LogP contribution in [0, 0.1) is 0 Å². The second-order valence-corrected chi connectivity index (χ2v) is 19.8. The Labute approximate surface area is 570 Å². The summed E-state index contributed by atoms with van der Waals surface area (Å²) >= 11 is 0. The molecule has 12 amide bonds. The van der Waals surface area contributed by atoms with E-state index in [-0.39, 0.29) is 65.3 Å². The molecule has 0 radical (unpaired) electrons. The third-order valence-electron chi connectivity index (χ3n) is 12.2. The summed E-state index contributed by atoms with van der Waals surface area (Å²) < 4.78 is 138. The lowest BCUT2D eigenvalue weighted by molar-refractivity contribution is -0.246. The Kier molecular flexibility index (Phi) is 53.6. The molecule has 4 unspecified atom stereocenters. The van der Waals surface area contributed by atoms with E-state index in [1.54, 1.807) is 0 Å². The van der Waals surface area contributed by atoms with Crippen LogP contribution in [0.15, 0.2) is 0 Å². The normalized spacial score (nSPS) is 12.0. The van der Waals surface area contributed by atoms with E-state index in [0.717, 1.165) is 47.3 Å². The van der Waals surface area contributed by atoms with E-state index in [2.05, 4.69) is 101 Å². The SMILES string of the molecule is CC(OF)OC(=O)NCCN(CCNC(=O)OC(C)OF)C(=O)CN(CCCN(CC(=O)N(CCNC(=O)OCCOF)CCNC(=O)OCCOF)CC(=O)N(CCNC(=O)OCCOF)CCNC(=O)OCCOF)CC(=O)N(CCNC(=O)OC(C)OF)CCNC(=O)OC(C)OF. The van der Waals surface area contributed by atoms with Crippen LogP contribution in [-0.2, 0) is 96.6 Å². The summed E-state index contributed by atoms with van der Waals surface area (Å²) in [6.45, 7) is -11.2. The number of nitrogens with one attached hydrogen (secondary N) is 8. The number of amides is 12. The van der Waals surface area contributed by atoms with Crippen molar-refractivity contribution in [3.63, 3.8) is 0 Å². The number of nitrogens with zero attached hydrogens (tertiary/aromatic N) is 6. The fraction of sp³-hybridized carbons (Fsp3) is 0.765. The molecule has 4 atom stereocenters. The Bertz CT molecular complexity index is 2150. The minimum absolute atomic E-state index is 0.256. The van der Waals surface area contributed by atoms with Gasteiger partial charge in [0.2, 0.25) is 48.8 Å². The molecule has 0 heterocycles. The average molecular weight is 1500 g/mol. The van der Waals surface area contributed by atoms with Crippen molar-refractivity contribution in [1.29, 1.82) is 0 Å². The molecule has 0 aliphatic heterocycles. The zero-order valence-electron chi connectivity index (χ0n) is 55.4. The number of carbonyl (C=O) groups is 12. The van der Waals surface area contributed by atoms with Crippen molar-refractivity contribution in [2.45, 2.75) is 59.3 Å². The molecule has 0 aromatic carbocycles. The number of rotatable bonds is 56. The van der Waals surface area contributed by atoms with Crippen LogP contribution in [0.1, 0.15) is 34.1 Å². The third-order valence-corrected chi connectivity index (χ3v) is 12.2. The lowest BCUT2D eigenvalue weighted by Gasteiger charge is -2.32. The van der Waals surface area contributed by atoms with Gasteiger partial charge in [-0.25, -0.2) is 38.4 Å². The van der Waals surface area contributed by atoms with E-state index in [0.29, 0.717) is 0 Å². The van der Waals surface area contributed by atoms with Crippen molar-refractivity contribution in [2.75, 3.05) is 197 Å². The molecule has 0 aromatic rings. The van der Waals surface area contributed by atoms with Crippen molar-refractivity contribution in [3.8, 4) is 0 Å². The summed E-state index contributed by atoms with van der Waals surface area (Å²) in [6.07, 6.45) is -16.3. The lowest BCUT2D eigenvalue weighted by Crippen LogP contribution is -2.51. The molecule has 101 heavy (non-hydrogen) atoms. The number of carbonyl (C=O) groups excluding carboxylic acids is 12. The lowest BCUT2D eigenvalue weighted by atomic mass is 10.2. The van der Waals surface area contributed by atoms with E-state index in [1.165, 1.54) is 9.80 Å². The molecule has 0 fully saturated rings. The first-order chi connectivity index (χ1) is 48.4. The average Bonchev–Trinajstić information content (AvgIpc) is 0.906. The Morgan fingerprint density at radius 2 is 0.446 bits per heavy atom. The minimum atomic E-state index is -1.69. The largest absolute Gasteiger partial charge is 0.447 e. The Hall–Kier alpha value is -8.92. The van der Waals surface area contributed by atoms with Crippen LogP contribution in [-0.4, -0.2) is 324 Å². The molecule has 42 nitrogen and oxygen atoms in total. The van der Waals surface area contributed by atoms with Gasteiger partial charge in [-0.05, 0) is 42.6 Å². The maximum Gasteiger partial charge on any atom is 0.409 e. The summed E-state index contributed by atoms with van der Waals surface area (Å²) in [6, 6.07) is 0. The first-order valence-corrected chi connectivity index (χ1v) is 30.4. The molecule has 50 heteroatoms. The van der Waals surface area contributed by atoms with Crippen LogP contribution in [0.4, 0.5) is 74.6 Å². The van der Waals surface area contributed by atoms with Gasteiger partial charge in [0.25, 0.3) is 0 Å². The molecule has 0 saturated heterocycles. The van der Waals surface area contributed by atoms with Gasteiger partial charge in [0.15, 0.2) is 0 Å². The summed E-state index contributed by atoms with van der Waals surface area (Å²) in [4.78, 5) is 191. The summed E-state index contributed by atoms with van der Waals surface area (Å²) in [5, 5.41) is 18.2. The van der Waals surface area contributed by atoms with E-state index >= 15 is 0 Å². The number of hydrogen-bond acceptors (Lipinski definition) is 30. The molecule has 0 rings (SSSR count). The van der Waals surface area contributed by atoms with Crippen LogP contribution in [0.3, 0.4) is 0 Å². The van der Waals surface area contributed by atoms with Crippen molar-refractivity contribution >= 4 is 72.4 Å². The highest BCUT2D eigenvalue weighted by molar-refractivity contribution is 5.83. The first-order valence-electron chi connectivity index (χ1n) is 30.4. The van der Waals surface area contributed by atoms with Crippen LogP contribution < -0.4 is 42.5 Å². The molecule has 0 saturated carbocycles. The standard InChI is InChI=1S/C51H86F8N14O28/c1-36(98-56)94-48(82)64-10-20-72(21-11-65-49(83)95-37(2)99-57)42(76)34-69(35-43(77)73(22-12-66-50(84)96-38(3)100-58)23-13-67-51(85)97-39(4)101-59)15-5-14-68(32-40(74)70(16-6-60-44(78)86-24-28-90-52)17-7-61-45(79)87-25-29-91-53)33-41(75)71(18-8-62-46(80)88-26-30-92-54)19-9-63-47(81)89-27-31-93-55/h36-39H,5-35H2,1-4H3,(H,60,78)(H,61,79)(H,62,80)(H,63,81)(H,64,82)(H,65,83)(H,66,84)(H,67,85). The van der Waals surface area contributed by atoms with Crippen LogP contribution in [0.25, 0.3) is 0 Å². The quantitative estimate of drug-likeness (QED) is 0.0168. The maximum absolute atomic E-state index is 14.5. The predicted molar refractivity (Wildman–Crippen MR) is 314 cm³/mol. The third kappa shape index (κ3) is 49.3. The first kappa shape index (κ1) is 92.1. The second kappa shape index (κ2) is 58.8. The molecule has 0 aliphatic carbocycles. The van der Waals surface area contributed by atoms with Gasteiger partial charge >= 0.3 is 48.7 Å². The molecule has 0 spiro atoms. The zero-order valence-corrected chi connectivity index (χ0v) is 55.4. The molecule has 8 N–H and O–H groups in total. The predicted octanol–water partition coefficient (Wildman–Crippen LogP) is -0.303. The van der Waals surface area contributed by atoms with Crippen molar-refractivity contribution in [1.82, 2.24) is 71.9 Å². The smallest absolute Gasteiger partial charge is 0.409 e. The van der Waals surface area contributed by atoms with E-state index in [9.17, 15) is 93.7 Å². The van der Waals surface area contributed by atoms with Crippen molar-refractivity contribution in [3.05, 3.63) is 0 Å². The Morgan fingerprint density at radius 1 is 0.267 bits per heavy atom. The summed E-state index contributed by atoms with van der Waals surface area (Å²) in [5.41, 5.74) is 0. The molecular formula is C51H86F8N14O28. The van der Waals surface area contributed by atoms with E-state index in [1.807, 2.05) is 0 Å². The van der Waals surface area contributed by atoms with Gasteiger partial charge < -0.3 is 100 Å². The monoisotopic (exact) mass is 1490 g/mol. The molecule has 0 aromatic heterocycles. The molecule has 0 aliphatic rings. The molecular weight excluding hydrogens is 1410 g/mol.